The molecule has 0 fully saturated rings. The maximum absolute atomic E-state index is 11.3. The van der Waals surface area contributed by atoms with Crippen LogP contribution in [0, 0.1) is 0 Å². The van der Waals surface area contributed by atoms with Gasteiger partial charge in [-0.1, -0.05) is 48.5 Å². The summed E-state index contributed by atoms with van der Waals surface area (Å²) in [6.07, 6.45) is 0. The third kappa shape index (κ3) is 3.03. The third-order valence-corrected chi connectivity index (χ3v) is 3.79. The Morgan fingerprint density at radius 3 is 1.71 bits per heavy atom. The molecule has 0 unspecified atom stereocenters. The number of rotatable bonds is 4. The van der Waals surface area contributed by atoms with Gasteiger partial charge in [-0.2, -0.15) is 0 Å². The fraction of sp³-hybridized carbons (Fsp3) is 0. The van der Waals surface area contributed by atoms with E-state index in [9.17, 15) is 14.7 Å². The summed E-state index contributed by atoms with van der Waals surface area (Å²) in [5.74, 6) is -1.97. The highest BCUT2D eigenvalue weighted by molar-refractivity contribution is 5.94. The van der Waals surface area contributed by atoms with Gasteiger partial charge in [0, 0.05) is 0 Å². The summed E-state index contributed by atoms with van der Waals surface area (Å²) in [5, 5.41) is 18.3. The van der Waals surface area contributed by atoms with Crippen LogP contribution < -0.4 is 0 Å². The Balaban J connectivity index is 2.16. The zero-order valence-corrected chi connectivity index (χ0v) is 12.6. The van der Waals surface area contributed by atoms with Crippen molar-refractivity contribution in [1.29, 1.82) is 0 Å². The van der Waals surface area contributed by atoms with Gasteiger partial charge in [-0.05, 0) is 46.5 Å². The molecule has 3 rings (SSSR count). The molecule has 0 bridgehead atoms. The van der Waals surface area contributed by atoms with Crippen LogP contribution in [0.15, 0.2) is 72.8 Å². The fourth-order valence-corrected chi connectivity index (χ4v) is 2.58. The lowest BCUT2D eigenvalue weighted by Gasteiger charge is -2.12. The molecule has 4 heteroatoms. The Morgan fingerprint density at radius 2 is 1.12 bits per heavy atom. The van der Waals surface area contributed by atoms with Crippen LogP contribution in [0.5, 0.6) is 0 Å². The van der Waals surface area contributed by atoms with Crippen LogP contribution in [-0.4, -0.2) is 22.2 Å². The second-order valence-electron chi connectivity index (χ2n) is 5.31. The maximum atomic E-state index is 11.3. The molecule has 118 valence electrons. The Morgan fingerprint density at radius 1 is 0.583 bits per heavy atom. The Kier molecular flexibility index (Phi) is 4.12. The summed E-state index contributed by atoms with van der Waals surface area (Å²) in [4.78, 5) is 22.3. The van der Waals surface area contributed by atoms with Gasteiger partial charge in [-0.3, -0.25) is 0 Å². The number of hydrogen-bond acceptors (Lipinski definition) is 2. The molecule has 3 aromatic rings. The summed E-state index contributed by atoms with van der Waals surface area (Å²) in [5.41, 5.74) is 3.79. The van der Waals surface area contributed by atoms with E-state index in [1.165, 1.54) is 12.1 Å². The van der Waals surface area contributed by atoms with Gasteiger partial charge in [0.15, 0.2) is 0 Å². The minimum atomic E-state index is -0.986. The van der Waals surface area contributed by atoms with Crippen LogP contribution in [0.25, 0.3) is 22.3 Å². The van der Waals surface area contributed by atoms with E-state index in [0.29, 0.717) is 0 Å². The van der Waals surface area contributed by atoms with Gasteiger partial charge in [-0.25, -0.2) is 9.59 Å². The molecule has 0 atom stereocenters. The van der Waals surface area contributed by atoms with Crippen molar-refractivity contribution in [3.8, 4) is 22.3 Å². The highest BCUT2D eigenvalue weighted by atomic mass is 16.4. The zero-order valence-electron chi connectivity index (χ0n) is 12.6. The highest BCUT2D eigenvalue weighted by Gasteiger charge is 2.12. The first-order valence-corrected chi connectivity index (χ1v) is 7.33. The van der Waals surface area contributed by atoms with Crippen molar-refractivity contribution in [3.05, 3.63) is 83.9 Å². The molecule has 0 saturated carbocycles. The smallest absolute Gasteiger partial charge is 0.335 e. The molecule has 3 aromatic carbocycles. The van der Waals surface area contributed by atoms with Gasteiger partial charge in [0.25, 0.3) is 0 Å². The van der Waals surface area contributed by atoms with E-state index in [1.54, 1.807) is 30.3 Å². The predicted molar refractivity (Wildman–Crippen MR) is 91.2 cm³/mol. The zero-order chi connectivity index (χ0) is 17.1. The lowest BCUT2D eigenvalue weighted by Crippen LogP contribution is -1.98. The lowest BCUT2D eigenvalue weighted by atomic mass is 9.92. The molecule has 0 aliphatic carbocycles. The second kappa shape index (κ2) is 6.38. The van der Waals surface area contributed by atoms with E-state index >= 15 is 0 Å². The average molecular weight is 318 g/mol. The van der Waals surface area contributed by atoms with Crippen molar-refractivity contribution < 1.29 is 19.8 Å². The van der Waals surface area contributed by atoms with E-state index < -0.39 is 11.9 Å². The van der Waals surface area contributed by atoms with Gasteiger partial charge in [0.1, 0.15) is 0 Å². The molecule has 0 amide bonds. The SMILES string of the molecule is O=C(O)c1ccc(-c2ccc(C(=O)O)cc2-c2ccccc2)cc1. The monoisotopic (exact) mass is 318 g/mol. The number of hydrogen-bond donors (Lipinski definition) is 2. The first-order valence-electron chi connectivity index (χ1n) is 7.33. The van der Waals surface area contributed by atoms with Crippen LogP contribution in [0.3, 0.4) is 0 Å². The first-order chi connectivity index (χ1) is 11.6. The molecule has 0 aliphatic heterocycles. The van der Waals surface area contributed by atoms with Crippen molar-refractivity contribution in [2.24, 2.45) is 0 Å². The van der Waals surface area contributed by atoms with E-state index in [1.807, 2.05) is 30.3 Å². The third-order valence-electron chi connectivity index (χ3n) is 3.79. The molecule has 2 N–H and O–H groups in total. The lowest BCUT2D eigenvalue weighted by molar-refractivity contribution is 0.0686. The molecule has 0 aliphatic rings. The van der Waals surface area contributed by atoms with E-state index in [-0.39, 0.29) is 11.1 Å². The molecule has 0 radical (unpaired) electrons. The van der Waals surface area contributed by atoms with Gasteiger partial charge in [0.2, 0.25) is 0 Å². The van der Waals surface area contributed by atoms with Gasteiger partial charge in [-0.15, -0.1) is 0 Å². The summed E-state index contributed by atoms with van der Waals surface area (Å²) < 4.78 is 0. The van der Waals surface area contributed by atoms with Crippen LogP contribution in [0.1, 0.15) is 20.7 Å². The molecule has 0 aromatic heterocycles. The van der Waals surface area contributed by atoms with Crippen molar-refractivity contribution in [1.82, 2.24) is 0 Å². The quantitative estimate of drug-likeness (QED) is 0.747. The van der Waals surface area contributed by atoms with E-state index in [0.717, 1.165) is 22.3 Å². The van der Waals surface area contributed by atoms with E-state index in [2.05, 4.69) is 0 Å². The Labute approximate surface area is 138 Å². The number of carboxylic acids is 2. The minimum Gasteiger partial charge on any atom is -0.478 e. The number of carboxylic acid groups (broad SMARTS) is 2. The standard InChI is InChI=1S/C20H14O4/c21-19(22)15-8-6-14(7-9-15)17-11-10-16(20(23)24)12-18(17)13-4-2-1-3-5-13/h1-12H,(H,21,22)(H,23,24). The normalized spacial score (nSPS) is 10.3. The molecular weight excluding hydrogens is 304 g/mol. The molecule has 4 nitrogen and oxygen atoms in total. The van der Waals surface area contributed by atoms with Crippen molar-refractivity contribution in [2.75, 3.05) is 0 Å². The molecule has 24 heavy (non-hydrogen) atoms. The Bertz CT molecular complexity index is 897. The molecule has 0 saturated heterocycles. The molecule has 0 heterocycles. The Hall–Kier alpha value is -3.40. The predicted octanol–water partition coefficient (Wildman–Crippen LogP) is 4.42. The second-order valence-corrected chi connectivity index (χ2v) is 5.31. The maximum Gasteiger partial charge on any atom is 0.335 e. The fourth-order valence-electron chi connectivity index (χ4n) is 2.58. The molecule has 0 spiro atoms. The van der Waals surface area contributed by atoms with Gasteiger partial charge < -0.3 is 10.2 Å². The summed E-state index contributed by atoms with van der Waals surface area (Å²) in [6, 6.07) is 21.0. The van der Waals surface area contributed by atoms with Crippen LogP contribution in [0.4, 0.5) is 0 Å². The molecular formula is C20H14O4. The first kappa shape index (κ1) is 15.5. The van der Waals surface area contributed by atoms with E-state index in [4.69, 9.17) is 5.11 Å². The largest absolute Gasteiger partial charge is 0.478 e. The summed E-state index contributed by atoms with van der Waals surface area (Å²) >= 11 is 0. The number of benzene rings is 3. The van der Waals surface area contributed by atoms with Crippen molar-refractivity contribution >= 4 is 11.9 Å². The van der Waals surface area contributed by atoms with Gasteiger partial charge >= 0.3 is 11.9 Å². The average Bonchev–Trinajstić information content (AvgIpc) is 2.62. The topological polar surface area (TPSA) is 74.6 Å². The van der Waals surface area contributed by atoms with Crippen molar-refractivity contribution in [3.63, 3.8) is 0 Å². The number of aromatic carboxylic acids is 2. The van der Waals surface area contributed by atoms with Crippen LogP contribution in [0.2, 0.25) is 0 Å². The summed E-state index contributed by atoms with van der Waals surface area (Å²) in [7, 11) is 0. The van der Waals surface area contributed by atoms with Crippen LogP contribution in [-0.2, 0) is 0 Å². The highest BCUT2D eigenvalue weighted by Crippen LogP contribution is 2.33. The summed E-state index contributed by atoms with van der Waals surface area (Å²) in [6.45, 7) is 0. The van der Waals surface area contributed by atoms with Crippen molar-refractivity contribution in [2.45, 2.75) is 0 Å². The minimum absolute atomic E-state index is 0.208. The van der Waals surface area contributed by atoms with Crippen LogP contribution >= 0.6 is 0 Å². The number of carbonyl (C=O) groups is 2. The van der Waals surface area contributed by atoms with Gasteiger partial charge in [0.05, 0.1) is 11.1 Å².